The molecule has 11 heteroatoms. The third-order valence-corrected chi connectivity index (χ3v) is 6.07. The van der Waals surface area contributed by atoms with Crippen molar-refractivity contribution in [2.24, 2.45) is 0 Å². The van der Waals surface area contributed by atoms with Gasteiger partial charge in [0.05, 0.1) is 16.1 Å². The molecule has 3 N–H and O–H groups in total. The monoisotopic (exact) mass is 484 g/mol. The number of imidazole rings is 1. The van der Waals surface area contributed by atoms with E-state index in [1.54, 1.807) is 12.1 Å². The standard InChI is InChI=1S/C23H15ClF2N4O4/c1-29(22(32)33)21-27-16-9-6-11(10-17(16)28-21)23(34)13-5-3-2-4-12(13)20(31)30(23)19-15(25)8-7-14(24)18(19)26/h2-10,34H,1H3,(H,27,28)(H,32,33). The third kappa shape index (κ3) is 2.96. The zero-order chi connectivity index (χ0) is 24.4. The number of hydrogen-bond acceptors (Lipinski definition) is 4. The van der Waals surface area contributed by atoms with E-state index in [9.17, 15) is 24.2 Å². The van der Waals surface area contributed by atoms with E-state index >= 15 is 4.39 Å². The van der Waals surface area contributed by atoms with Crippen LogP contribution in [-0.2, 0) is 5.72 Å². The molecular weight excluding hydrogens is 470 g/mol. The van der Waals surface area contributed by atoms with Gasteiger partial charge in [-0.25, -0.2) is 18.6 Å². The van der Waals surface area contributed by atoms with Gasteiger partial charge in [0.15, 0.2) is 11.5 Å². The van der Waals surface area contributed by atoms with Gasteiger partial charge in [0.1, 0.15) is 11.5 Å². The first-order valence-corrected chi connectivity index (χ1v) is 10.3. The maximum atomic E-state index is 15.0. The van der Waals surface area contributed by atoms with Crippen molar-refractivity contribution >= 4 is 46.3 Å². The maximum absolute atomic E-state index is 15.0. The van der Waals surface area contributed by atoms with Crippen LogP contribution in [0.1, 0.15) is 21.5 Å². The van der Waals surface area contributed by atoms with Gasteiger partial charge < -0.3 is 15.2 Å². The molecule has 0 fully saturated rings. The highest BCUT2D eigenvalue weighted by Gasteiger charge is 2.52. The topological polar surface area (TPSA) is 110 Å². The molecular formula is C23H15ClF2N4O4. The number of nitrogens with one attached hydrogen (secondary N) is 1. The van der Waals surface area contributed by atoms with Gasteiger partial charge in [-0.2, -0.15) is 0 Å². The largest absolute Gasteiger partial charge is 0.465 e. The van der Waals surface area contributed by atoms with Crippen LogP contribution >= 0.6 is 11.6 Å². The quantitative estimate of drug-likeness (QED) is 0.372. The van der Waals surface area contributed by atoms with Crippen LogP contribution in [0.4, 0.5) is 25.2 Å². The molecule has 0 radical (unpaired) electrons. The zero-order valence-corrected chi connectivity index (χ0v) is 18.1. The van der Waals surface area contributed by atoms with Gasteiger partial charge >= 0.3 is 6.09 Å². The fourth-order valence-electron chi connectivity index (χ4n) is 4.09. The first kappa shape index (κ1) is 21.8. The van der Waals surface area contributed by atoms with E-state index in [1.165, 1.54) is 37.4 Å². The summed E-state index contributed by atoms with van der Waals surface area (Å²) in [5.41, 5.74) is -2.17. The fourth-order valence-corrected chi connectivity index (χ4v) is 4.24. The molecule has 4 aromatic rings. The molecule has 8 nitrogen and oxygen atoms in total. The number of H-pyrrole nitrogens is 1. The predicted octanol–water partition coefficient (Wildman–Crippen LogP) is 4.46. The Balaban J connectivity index is 1.76. The average Bonchev–Trinajstić information content (AvgIpc) is 3.34. The van der Waals surface area contributed by atoms with E-state index in [1.807, 2.05) is 0 Å². The second-order valence-electron chi connectivity index (χ2n) is 7.68. The van der Waals surface area contributed by atoms with E-state index < -0.39 is 40.1 Å². The fraction of sp³-hybridized carbons (Fsp3) is 0.0870. The summed E-state index contributed by atoms with van der Waals surface area (Å²) in [6, 6.07) is 12.4. The molecule has 172 valence electrons. The highest BCUT2D eigenvalue weighted by Crippen LogP contribution is 2.47. The maximum Gasteiger partial charge on any atom is 0.413 e. The van der Waals surface area contributed by atoms with Crippen LogP contribution in [0.25, 0.3) is 11.0 Å². The van der Waals surface area contributed by atoms with Crippen LogP contribution in [0.3, 0.4) is 0 Å². The van der Waals surface area contributed by atoms with Gasteiger partial charge in [0, 0.05) is 23.7 Å². The smallest absolute Gasteiger partial charge is 0.413 e. The van der Waals surface area contributed by atoms with Crippen LogP contribution < -0.4 is 9.80 Å². The number of aliphatic hydroxyl groups is 1. The summed E-state index contributed by atoms with van der Waals surface area (Å²) in [6.07, 6.45) is -1.24. The second-order valence-corrected chi connectivity index (χ2v) is 8.09. The molecule has 1 aromatic heterocycles. The van der Waals surface area contributed by atoms with Crippen molar-refractivity contribution < 1.29 is 28.6 Å². The number of carboxylic acid groups (broad SMARTS) is 1. The van der Waals surface area contributed by atoms with Crippen LogP contribution in [0.5, 0.6) is 0 Å². The molecule has 0 saturated heterocycles. The predicted molar refractivity (Wildman–Crippen MR) is 120 cm³/mol. The second kappa shape index (κ2) is 7.51. The molecule has 3 aromatic carbocycles. The first-order valence-electron chi connectivity index (χ1n) is 9.91. The number of amides is 2. The molecule has 2 amide bonds. The minimum absolute atomic E-state index is 0.0262. The molecule has 0 spiro atoms. The number of carbonyl (C=O) groups is 2. The van der Waals surface area contributed by atoms with E-state index in [0.717, 1.165) is 17.0 Å². The number of rotatable bonds is 3. The van der Waals surface area contributed by atoms with Crippen LogP contribution in [0.15, 0.2) is 54.6 Å². The highest BCUT2D eigenvalue weighted by molar-refractivity contribution is 6.31. The number of benzene rings is 3. The molecule has 5 rings (SSSR count). The van der Waals surface area contributed by atoms with E-state index in [4.69, 9.17) is 11.6 Å². The highest BCUT2D eigenvalue weighted by atomic mass is 35.5. The first-order chi connectivity index (χ1) is 16.1. The van der Waals surface area contributed by atoms with Gasteiger partial charge in [0.25, 0.3) is 5.91 Å². The van der Waals surface area contributed by atoms with E-state index in [2.05, 4.69) is 9.97 Å². The molecule has 0 aliphatic carbocycles. The molecule has 1 unspecified atom stereocenters. The number of carbonyl (C=O) groups excluding carboxylic acids is 1. The van der Waals surface area contributed by atoms with E-state index in [0.29, 0.717) is 10.4 Å². The molecule has 34 heavy (non-hydrogen) atoms. The minimum Gasteiger partial charge on any atom is -0.465 e. The minimum atomic E-state index is -2.31. The number of halogens is 3. The Morgan fingerprint density at radius 1 is 1.18 bits per heavy atom. The van der Waals surface area contributed by atoms with Gasteiger partial charge in [-0.3, -0.25) is 14.6 Å². The molecule has 0 bridgehead atoms. The normalized spacial score (nSPS) is 17.3. The van der Waals surface area contributed by atoms with Gasteiger partial charge in [0.2, 0.25) is 5.95 Å². The number of aromatic nitrogens is 2. The van der Waals surface area contributed by atoms with Crippen molar-refractivity contribution in [2.75, 3.05) is 16.8 Å². The summed E-state index contributed by atoms with van der Waals surface area (Å²) in [4.78, 5) is 33.2. The third-order valence-electron chi connectivity index (χ3n) is 5.78. The average molecular weight is 485 g/mol. The van der Waals surface area contributed by atoms with Crippen molar-refractivity contribution in [3.8, 4) is 0 Å². The number of hydrogen-bond donors (Lipinski definition) is 3. The van der Waals surface area contributed by atoms with Crippen molar-refractivity contribution in [2.45, 2.75) is 5.72 Å². The Morgan fingerprint density at radius 3 is 2.65 bits per heavy atom. The summed E-state index contributed by atoms with van der Waals surface area (Å²) < 4.78 is 29.9. The van der Waals surface area contributed by atoms with Gasteiger partial charge in [-0.1, -0.05) is 35.9 Å². The lowest BCUT2D eigenvalue weighted by Crippen LogP contribution is -2.46. The Labute approximate surface area is 195 Å². The van der Waals surface area contributed by atoms with Crippen LogP contribution in [-0.4, -0.2) is 39.2 Å². The molecule has 1 atom stereocenters. The summed E-state index contributed by atoms with van der Waals surface area (Å²) in [6.45, 7) is 0. The van der Waals surface area contributed by atoms with Crippen LogP contribution in [0, 0.1) is 11.6 Å². The Morgan fingerprint density at radius 2 is 1.91 bits per heavy atom. The number of fused-ring (bicyclic) bond motifs is 2. The lowest BCUT2D eigenvalue weighted by atomic mass is 9.93. The van der Waals surface area contributed by atoms with Crippen molar-refractivity contribution in [3.63, 3.8) is 0 Å². The van der Waals surface area contributed by atoms with Gasteiger partial charge in [-0.15, -0.1) is 0 Å². The van der Waals surface area contributed by atoms with Crippen LogP contribution in [0.2, 0.25) is 5.02 Å². The van der Waals surface area contributed by atoms with Gasteiger partial charge in [-0.05, 0) is 30.3 Å². The molecule has 1 aliphatic rings. The molecule has 0 saturated carbocycles. The summed E-state index contributed by atoms with van der Waals surface area (Å²) in [7, 11) is 1.30. The summed E-state index contributed by atoms with van der Waals surface area (Å²) in [5.74, 6) is -3.09. The lowest BCUT2D eigenvalue weighted by molar-refractivity contribution is 0.0693. The summed E-state index contributed by atoms with van der Waals surface area (Å²) in [5, 5.41) is 20.8. The lowest BCUT2D eigenvalue weighted by Gasteiger charge is -2.35. The Bertz CT molecular complexity index is 1510. The molecule has 2 heterocycles. The molecule has 1 aliphatic heterocycles. The number of nitrogens with zero attached hydrogens (tertiary/aromatic N) is 3. The van der Waals surface area contributed by atoms with Crippen molar-refractivity contribution in [1.82, 2.24) is 9.97 Å². The van der Waals surface area contributed by atoms with Crippen molar-refractivity contribution in [1.29, 1.82) is 0 Å². The van der Waals surface area contributed by atoms with Crippen molar-refractivity contribution in [3.05, 3.63) is 87.9 Å². The number of anilines is 2. The summed E-state index contributed by atoms with van der Waals surface area (Å²) >= 11 is 5.87. The van der Waals surface area contributed by atoms with E-state index in [-0.39, 0.29) is 28.2 Å². The Hall–Kier alpha value is -4.02. The number of aromatic amines is 1. The Kier molecular flexibility index (Phi) is 4.81. The SMILES string of the molecule is CN(C(=O)O)c1nc2cc(C3(O)c4ccccc4C(=O)N3c3c(F)ccc(Cl)c3F)ccc2[nH]1. The zero-order valence-electron chi connectivity index (χ0n) is 17.4.